The fraction of sp³-hybridized carbons (Fsp3) is 0.250. The minimum atomic E-state index is -1.02. The molecule has 0 aliphatic heterocycles. The van der Waals surface area contributed by atoms with Crippen LogP contribution in [0.4, 0.5) is 8.78 Å². The van der Waals surface area contributed by atoms with Crippen LogP contribution in [0.25, 0.3) is 0 Å². The maximum absolute atomic E-state index is 13.1. The minimum absolute atomic E-state index is 0.0248. The Morgan fingerprint density at radius 1 is 1.38 bits per heavy atom. The van der Waals surface area contributed by atoms with Crippen LogP contribution in [0.2, 0.25) is 0 Å². The van der Waals surface area contributed by atoms with Gasteiger partial charge in [-0.05, 0) is 22.0 Å². The van der Waals surface area contributed by atoms with Gasteiger partial charge in [0.25, 0.3) is 0 Å². The number of rotatable bonds is 2. The van der Waals surface area contributed by atoms with Crippen molar-refractivity contribution in [1.29, 1.82) is 0 Å². The molecule has 0 saturated heterocycles. The summed E-state index contributed by atoms with van der Waals surface area (Å²) in [6.45, 7) is -0.419. The third-order valence-electron chi connectivity index (χ3n) is 1.66. The van der Waals surface area contributed by atoms with E-state index in [0.29, 0.717) is 0 Å². The summed E-state index contributed by atoms with van der Waals surface area (Å²) < 4.78 is 26.1. The molecule has 1 atom stereocenters. The molecule has 0 radical (unpaired) electrons. The highest BCUT2D eigenvalue weighted by atomic mass is 79.9. The van der Waals surface area contributed by atoms with Crippen molar-refractivity contribution in [3.05, 3.63) is 33.8 Å². The second kappa shape index (κ2) is 4.13. The Bertz CT molecular complexity index is 319. The first-order valence-corrected chi connectivity index (χ1v) is 4.37. The van der Waals surface area contributed by atoms with Crippen LogP contribution in [0.15, 0.2) is 16.6 Å². The van der Waals surface area contributed by atoms with Crippen molar-refractivity contribution >= 4 is 15.9 Å². The summed E-state index contributed by atoms with van der Waals surface area (Å²) >= 11 is 2.83. The molecule has 1 unspecified atom stereocenters. The molecular formula is C8H8BrF2NO. The van der Waals surface area contributed by atoms with Crippen molar-refractivity contribution in [3.8, 4) is 0 Å². The quantitative estimate of drug-likeness (QED) is 0.787. The van der Waals surface area contributed by atoms with Crippen molar-refractivity contribution in [1.82, 2.24) is 0 Å². The average Bonchev–Trinajstić information content (AvgIpc) is 2.13. The standard InChI is InChI=1S/C8H8BrF2NO/c9-5-2-1-4(6(12)3-13)7(10)8(5)11/h1-2,6,13H,3,12H2. The van der Waals surface area contributed by atoms with E-state index in [9.17, 15) is 8.78 Å². The van der Waals surface area contributed by atoms with Crippen LogP contribution in [0.1, 0.15) is 11.6 Å². The molecule has 1 aromatic carbocycles. The molecule has 3 N–H and O–H groups in total. The first-order valence-electron chi connectivity index (χ1n) is 3.57. The van der Waals surface area contributed by atoms with Gasteiger partial charge in [0.1, 0.15) is 0 Å². The van der Waals surface area contributed by atoms with Gasteiger partial charge in [-0.2, -0.15) is 0 Å². The molecule has 13 heavy (non-hydrogen) atoms. The molecule has 1 aromatic rings. The predicted octanol–water partition coefficient (Wildman–Crippen LogP) is 1.72. The highest BCUT2D eigenvalue weighted by Gasteiger charge is 2.16. The molecule has 72 valence electrons. The molecule has 0 amide bonds. The summed E-state index contributed by atoms with van der Waals surface area (Å²) in [5, 5.41) is 8.65. The molecule has 1 rings (SSSR count). The topological polar surface area (TPSA) is 46.2 Å². The largest absolute Gasteiger partial charge is 0.394 e. The van der Waals surface area contributed by atoms with Crippen LogP contribution in [-0.4, -0.2) is 11.7 Å². The zero-order chi connectivity index (χ0) is 10.0. The Morgan fingerprint density at radius 3 is 2.54 bits per heavy atom. The predicted molar refractivity (Wildman–Crippen MR) is 48.1 cm³/mol. The van der Waals surface area contributed by atoms with Gasteiger partial charge < -0.3 is 10.8 Å². The first kappa shape index (κ1) is 10.6. The van der Waals surface area contributed by atoms with Crippen LogP contribution in [0, 0.1) is 11.6 Å². The summed E-state index contributed by atoms with van der Waals surface area (Å²) in [5.41, 5.74) is 5.32. The summed E-state index contributed by atoms with van der Waals surface area (Å²) in [6.07, 6.45) is 0. The lowest BCUT2D eigenvalue weighted by Gasteiger charge is -2.10. The minimum Gasteiger partial charge on any atom is -0.394 e. The molecule has 0 aliphatic rings. The smallest absolute Gasteiger partial charge is 0.173 e. The summed E-state index contributed by atoms with van der Waals surface area (Å²) in [7, 11) is 0. The molecule has 0 spiro atoms. The fourth-order valence-electron chi connectivity index (χ4n) is 0.926. The molecule has 0 fully saturated rings. The summed E-state index contributed by atoms with van der Waals surface area (Å²) in [5.74, 6) is -2.00. The van der Waals surface area contributed by atoms with Gasteiger partial charge in [-0.25, -0.2) is 8.78 Å². The van der Waals surface area contributed by atoms with Gasteiger partial charge in [-0.3, -0.25) is 0 Å². The monoisotopic (exact) mass is 251 g/mol. The van der Waals surface area contributed by atoms with Crippen molar-refractivity contribution in [2.24, 2.45) is 5.73 Å². The molecule has 2 nitrogen and oxygen atoms in total. The Balaban J connectivity index is 3.18. The Morgan fingerprint density at radius 2 is 2.00 bits per heavy atom. The highest BCUT2D eigenvalue weighted by molar-refractivity contribution is 9.10. The van der Waals surface area contributed by atoms with Gasteiger partial charge >= 0.3 is 0 Å². The summed E-state index contributed by atoms with van der Waals surface area (Å²) in [4.78, 5) is 0. The Hall–Kier alpha value is -0.520. The number of hydrogen-bond donors (Lipinski definition) is 2. The number of nitrogens with two attached hydrogens (primary N) is 1. The molecule has 0 aliphatic carbocycles. The number of halogens is 3. The van der Waals surface area contributed by atoms with Crippen LogP contribution in [0.5, 0.6) is 0 Å². The second-order valence-corrected chi connectivity index (χ2v) is 3.41. The van der Waals surface area contributed by atoms with E-state index in [1.807, 2.05) is 0 Å². The third-order valence-corrected chi connectivity index (χ3v) is 2.27. The van der Waals surface area contributed by atoms with Gasteiger partial charge in [0.15, 0.2) is 11.6 Å². The lowest BCUT2D eigenvalue weighted by molar-refractivity contribution is 0.264. The van der Waals surface area contributed by atoms with E-state index in [4.69, 9.17) is 10.8 Å². The van der Waals surface area contributed by atoms with Gasteiger partial charge in [0.05, 0.1) is 17.1 Å². The van der Waals surface area contributed by atoms with Crippen molar-refractivity contribution in [2.45, 2.75) is 6.04 Å². The molecule has 0 bridgehead atoms. The van der Waals surface area contributed by atoms with E-state index in [0.717, 1.165) is 0 Å². The number of hydrogen-bond acceptors (Lipinski definition) is 2. The van der Waals surface area contributed by atoms with Crippen LogP contribution in [-0.2, 0) is 0 Å². The van der Waals surface area contributed by atoms with E-state index >= 15 is 0 Å². The van der Waals surface area contributed by atoms with E-state index in [1.54, 1.807) is 0 Å². The lowest BCUT2D eigenvalue weighted by atomic mass is 10.1. The molecule has 0 aromatic heterocycles. The lowest BCUT2D eigenvalue weighted by Crippen LogP contribution is -2.16. The number of benzene rings is 1. The highest BCUT2D eigenvalue weighted by Crippen LogP contribution is 2.23. The van der Waals surface area contributed by atoms with Crippen LogP contribution < -0.4 is 5.73 Å². The zero-order valence-corrected chi connectivity index (χ0v) is 8.18. The average molecular weight is 252 g/mol. The van der Waals surface area contributed by atoms with Gasteiger partial charge in [-0.1, -0.05) is 6.07 Å². The molecular weight excluding hydrogens is 244 g/mol. The van der Waals surface area contributed by atoms with Crippen molar-refractivity contribution in [3.63, 3.8) is 0 Å². The first-order chi connectivity index (χ1) is 6.07. The van der Waals surface area contributed by atoms with E-state index in [1.165, 1.54) is 12.1 Å². The van der Waals surface area contributed by atoms with Crippen molar-refractivity contribution < 1.29 is 13.9 Å². The van der Waals surface area contributed by atoms with Crippen molar-refractivity contribution in [2.75, 3.05) is 6.61 Å². The summed E-state index contributed by atoms with van der Waals surface area (Å²) in [6, 6.07) is 1.80. The van der Waals surface area contributed by atoms with Gasteiger partial charge in [0.2, 0.25) is 0 Å². The number of aliphatic hydroxyl groups is 1. The second-order valence-electron chi connectivity index (χ2n) is 2.55. The van der Waals surface area contributed by atoms with Crippen LogP contribution in [0.3, 0.4) is 0 Å². The van der Waals surface area contributed by atoms with Gasteiger partial charge in [0, 0.05) is 5.56 Å². The maximum atomic E-state index is 13.1. The number of aliphatic hydroxyl groups excluding tert-OH is 1. The van der Waals surface area contributed by atoms with E-state index in [2.05, 4.69) is 15.9 Å². The Labute approximate surface area is 82.5 Å². The third kappa shape index (κ3) is 2.04. The molecule has 5 heteroatoms. The van der Waals surface area contributed by atoms with E-state index in [-0.39, 0.29) is 10.0 Å². The van der Waals surface area contributed by atoms with E-state index < -0.39 is 24.3 Å². The Kier molecular flexibility index (Phi) is 3.35. The van der Waals surface area contributed by atoms with Gasteiger partial charge in [-0.15, -0.1) is 0 Å². The normalized spacial score (nSPS) is 13.0. The SMILES string of the molecule is NC(CO)c1ccc(Br)c(F)c1F. The molecule has 0 heterocycles. The maximum Gasteiger partial charge on any atom is 0.173 e. The zero-order valence-electron chi connectivity index (χ0n) is 6.60. The fourth-order valence-corrected chi connectivity index (χ4v) is 1.23. The molecule has 0 saturated carbocycles. The van der Waals surface area contributed by atoms with Crippen LogP contribution >= 0.6 is 15.9 Å².